The fourth-order valence-electron chi connectivity index (χ4n) is 4.24. The van der Waals surface area contributed by atoms with E-state index >= 15 is 0 Å². The summed E-state index contributed by atoms with van der Waals surface area (Å²) < 4.78 is 32.4. The normalized spacial score (nSPS) is 20.8. The van der Waals surface area contributed by atoms with E-state index in [-0.39, 0.29) is 31.7 Å². The first kappa shape index (κ1) is 20.5. The Bertz CT molecular complexity index is 605. The van der Waals surface area contributed by atoms with Gasteiger partial charge in [0.25, 0.3) is 10.1 Å². The van der Waals surface area contributed by atoms with Crippen LogP contribution >= 0.6 is 7.92 Å². The predicted molar refractivity (Wildman–Crippen MR) is 104 cm³/mol. The Morgan fingerprint density at radius 1 is 0.875 bits per heavy atom. The third kappa shape index (κ3) is 5.09. The standard InChI is InChI=1S/C18H27O3PS.Li.H/c19-23(20,21)18-13-7-12-17(14-18)22(15-8-3-1-4-9-15)16-10-5-2-6-11-16;;/h7,12-16H,1-6,8-11H2,(H,19,20,21);;. The van der Waals surface area contributed by atoms with Gasteiger partial charge < -0.3 is 0 Å². The summed E-state index contributed by atoms with van der Waals surface area (Å²) in [7, 11) is -4.44. The average Bonchev–Trinajstić information content (AvgIpc) is 2.57. The number of hydrogen-bond acceptors (Lipinski definition) is 2. The van der Waals surface area contributed by atoms with E-state index in [9.17, 15) is 13.0 Å². The van der Waals surface area contributed by atoms with Crippen molar-refractivity contribution in [3.05, 3.63) is 24.3 Å². The zero-order valence-corrected chi connectivity index (χ0v) is 15.4. The summed E-state index contributed by atoms with van der Waals surface area (Å²) in [6, 6.07) is 7.17. The van der Waals surface area contributed by atoms with Gasteiger partial charge in [-0.3, -0.25) is 4.55 Å². The number of benzene rings is 1. The molecule has 6 heteroatoms. The van der Waals surface area contributed by atoms with Crippen molar-refractivity contribution in [2.45, 2.75) is 80.4 Å². The summed E-state index contributed by atoms with van der Waals surface area (Å²) in [4.78, 5) is 0.0640. The number of rotatable bonds is 4. The Hall–Kier alpha value is 0.157. The minimum atomic E-state index is -4.11. The van der Waals surface area contributed by atoms with Gasteiger partial charge in [0.2, 0.25) is 0 Å². The number of hydrogen-bond donors (Lipinski definition) is 1. The molecule has 0 spiro atoms. The van der Waals surface area contributed by atoms with Crippen LogP contribution in [0.5, 0.6) is 0 Å². The molecule has 0 amide bonds. The van der Waals surface area contributed by atoms with Crippen LogP contribution in [0.2, 0.25) is 0 Å². The molecular formula is C18H28LiO3PS. The molecule has 24 heavy (non-hydrogen) atoms. The van der Waals surface area contributed by atoms with Gasteiger partial charge in [0.1, 0.15) is 0 Å². The van der Waals surface area contributed by atoms with Crippen LogP contribution < -0.4 is 5.30 Å². The van der Waals surface area contributed by atoms with Crippen molar-refractivity contribution in [2.75, 3.05) is 0 Å². The van der Waals surface area contributed by atoms with Gasteiger partial charge >= 0.3 is 18.9 Å². The first-order valence-corrected chi connectivity index (χ1v) is 11.8. The van der Waals surface area contributed by atoms with Crippen molar-refractivity contribution < 1.29 is 13.0 Å². The Labute approximate surface area is 159 Å². The quantitative estimate of drug-likeness (QED) is 0.499. The third-order valence-electron chi connectivity index (χ3n) is 5.35. The molecular weight excluding hydrogens is 334 g/mol. The van der Waals surface area contributed by atoms with Crippen molar-refractivity contribution in [3.63, 3.8) is 0 Å². The van der Waals surface area contributed by atoms with Crippen molar-refractivity contribution in [1.82, 2.24) is 0 Å². The Morgan fingerprint density at radius 3 is 1.83 bits per heavy atom. The molecule has 0 unspecified atom stereocenters. The Balaban J connectivity index is 0.00000208. The second-order valence-corrected chi connectivity index (χ2v) is 11.2. The SMILES string of the molecule is O=S(=O)(O)c1cccc(P(C2CCCCC2)C2CCCCC2)c1.[LiH]. The van der Waals surface area contributed by atoms with Crippen LogP contribution in [0.15, 0.2) is 29.2 Å². The first-order valence-electron chi connectivity index (χ1n) is 8.91. The maximum atomic E-state index is 11.5. The van der Waals surface area contributed by atoms with Crippen molar-refractivity contribution in [2.24, 2.45) is 0 Å². The van der Waals surface area contributed by atoms with Crippen LogP contribution in [0, 0.1) is 0 Å². The summed E-state index contributed by atoms with van der Waals surface area (Å²) in [5, 5.41) is 1.19. The third-order valence-corrected chi connectivity index (χ3v) is 9.68. The minimum absolute atomic E-state index is 0. The van der Waals surface area contributed by atoms with Gasteiger partial charge in [-0.05, 0) is 54.4 Å². The van der Waals surface area contributed by atoms with E-state index in [0.29, 0.717) is 0 Å². The van der Waals surface area contributed by atoms with Gasteiger partial charge in [0.15, 0.2) is 0 Å². The zero-order chi connectivity index (χ0) is 16.3. The van der Waals surface area contributed by atoms with Crippen LogP contribution in [0.3, 0.4) is 0 Å². The molecule has 2 aliphatic carbocycles. The van der Waals surface area contributed by atoms with E-state index in [1.54, 1.807) is 12.1 Å². The van der Waals surface area contributed by atoms with Crippen molar-refractivity contribution >= 4 is 42.2 Å². The molecule has 0 atom stereocenters. The summed E-state index contributed by atoms with van der Waals surface area (Å²) in [6.45, 7) is 0. The van der Waals surface area contributed by atoms with E-state index in [1.165, 1.54) is 75.6 Å². The van der Waals surface area contributed by atoms with Gasteiger partial charge in [-0.2, -0.15) is 8.42 Å². The van der Waals surface area contributed by atoms with Gasteiger partial charge in [-0.1, -0.05) is 58.6 Å². The van der Waals surface area contributed by atoms with Crippen LogP contribution in [-0.4, -0.2) is 43.1 Å². The first-order chi connectivity index (χ1) is 11.1. The van der Waals surface area contributed by atoms with E-state index in [4.69, 9.17) is 0 Å². The molecule has 1 aromatic carbocycles. The molecule has 0 saturated heterocycles. The molecule has 130 valence electrons. The average molecular weight is 362 g/mol. The van der Waals surface area contributed by atoms with Crippen LogP contribution in [0.25, 0.3) is 0 Å². The maximum absolute atomic E-state index is 11.5. The molecule has 0 bridgehead atoms. The molecule has 2 fully saturated rings. The molecule has 2 saturated carbocycles. The topological polar surface area (TPSA) is 54.4 Å². The summed E-state index contributed by atoms with van der Waals surface area (Å²) in [6.07, 6.45) is 13.1. The van der Waals surface area contributed by atoms with Crippen molar-refractivity contribution in [1.29, 1.82) is 0 Å². The molecule has 0 aliphatic heterocycles. The summed E-state index contributed by atoms with van der Waals surface area (Å²) >= 11 is 0. The monoisotopic (exact) mass is 362 g/mol. The fraction of sp³-hybridized carbons (Fsp3) is 0.667. The zero-order valence-electron chi connectivity index (χ0n) is 13.7. The molecule has 3 nitrogen and oxygen atoms in total. The van der Waals surface area contributed by atoms with Gasteiger partial charge in [0, 0.05) is 0 Å². The molecule has 0 radical (unpaired) electrons. The van der Waals surface area contributed by atoms with Gasteiger partial charge in [-0.15, -0.1) is 0 Å². The fourth-order valence-corrected chi connectivity index (χ4v) is 8.69. The molecule has 0 heterocycles. The summed E-state index contributed by atoms with van der Waals surface area (Å²) in [5.41, 5.74) is 1.47. The molecule has 1 N–H and O–H groups in total. The van der Waals surface area contributed by atoms with E-state index in [1.807, 2.05) is 0 Å². The summed E-state index contributed by atoms with van der Waals surface area (Å²) in [5.74, 6) is 0. The van der Waals surface area contributed by atoms with Gasteiger partial charge in [-0.25, -0.2) is 0 Å². The van der Waals surface area contributed by atoms with Crippen LogP contribution in [0.1, 0.15) is 64.2 Å². The van der Waals surface area contributed by atoms with Crippen molar-refractivity contribution in [3.8, 4) is 0 Å². The Kier molecular flexibility index (Phi) is 7.84. The predicted octanol–water partition coefficient (Wildman–Crippen LogP) is 4.06. The van der Waals surface area contributed by atoms with E-state index < -0.39 is 10.1 Å². The molecule has 2 aliphatic rings. The molecule has 3 rings (SSSR count). The second kappa shape index (κ2) is 9.20. The molecule has 0 aromatic heterocycles. The van der Waals surface area contributed by atoms with E-state index in [2.05, 4.69) is 6.07 Å². The Morgan fingerprint density at radius 2 is 1.38 bits per heavy atom. The van der Waals surface area contributed by atoms with E-state index in [0.717, 1.165) is 11.3 Å². The second-order valence-electron chi connectivity index (χ2n) is 6.96. The molecule has 1 aromatic rings. The van der Waals surface area contributed by atoms with Crippen LogP contribution in [-0.2, 0) is 10.1 Å². The van der Waals surface area contributed by atoms with Crippen LogP contribution in [0.4, 0.5) is 0 Å². The van der Waals surface area contributed by atoms with Gasteiger partial charge in [0.05, 0.1) is 4.90 Å².